The van der Waals surface area contributed by atoms with Gasteiger partial charge in [-0.25, -0.2) is 19.5 Å². The van der Waals surface area contributed by atoms with Crippen molar-refractivity contribution in [3.63, 3.8) is 0 Å². The molecular weight excluding hydrogens is 531 g/mol. The Hall–Kier alpha value is -5.06. The first-order valence-corrected chi connectivity index (χ1v) is 13.0. The molecule has 0 saturated heterocycles. The largest absolute Gasteiger partial charge is 0.496 e. The summed E-state index contributed by atoms with van der Waals surface area (Å²) in [5.41, 5.74) is 2.48. The molecule has 210 valence electrons. The molecule has 3 N–H and O–H groups in total. The number of ether oxygens (including phenoxy) is 2. The lowest BCUT2D eigenvalue weighted by Crippen LogP contribution is -2.43. The number of carbonyl (C=O) groups is 2. The van der Waals surface area contributed by atoms with Gasteiger partial charge in [-0.3, -0.25) is 14.9 Å². The number of ketones is 1. The van der Waals surface area contributed by atoms with Crippen molar-refractivity contribution in [3.05, 3.63) is 111 Å². The molecule has 10 nitrogen and oxygen atoms in total. The Kier molecular flexibility index (Phi) is 7.77. The third-order valence-electron chi connectivity index (χ3n) is 7.20. The lowest BCUT2D eigenvalue weighted by molar-refractivity contribution is -0.386. The summed E-state index contributed by atoms with van der Waals surface area (Å²) in [5.74, 6) is -1.92. The summed E-state index contributed by atoms with van der Waals surface area (Å²) in [6, 6.07) is 13.5. The fourth-order valence-corrected chi connectivity index (χ4v) is 5.36. The summed E-state index contributed by atoms with van der Waals surface area (Å²) in [6.45, 7) is 3.95. The van der Waals surface area contributed by atoms with Crippen LogP contribution in [-0.2, 0) is 16.2 Å². The molecule has 1 aliphatic carbocycles. The molecule has 0 bridgehead atoms. The van der Waals surface area contributed by atoms with Crippen molar-refractivity contribution in [1.29, 1.82) is 0 Å². The second kappa shape index (κ2) is 11.6. The lowest BCUT2D eigenvalue weighted by atomic mass is 9.71. The molecule has 3 aromatic rings. The molecule has 0 spiro atoms. The fourth-order valence-electron chi connectivity index (χ4n) is 5.36. The summed E-state index contributed by atoms with van der Waals surface area (Å²) < 4.78 is 25.1. The summed E-state index contributed by atoms with van der Waals surface area (Å²) in [6.07, 6.45) is 3.38. The van der Waals surface area contributed by atoms with Crippen LogP contribution in [0.1, 0.15) is 36.3 Å². The number of anilines is 1. The molecule has 41 heavy (non-hydrogen) atoms. The summed E-state index contributed by atoms with van der Waals surface area (Å²) in [7, 11) is 1.47. The normalized spacial score (nSPS) is 18.3. The van der Waals surface area contributed by atoms with Crippen molar-refractivity contribution in [2.75, 3.05) is 12.4 Å². The van der Waals surface area contributed by atoms with Gasteiger partial charge in [0.05, 0.1) is 18.2 Å². The van der Waals surface area contributed by atoms with Crippen molar-refractivity contribution in [2.24, 2.45) is 5.92 Å². The van der Waals surface area contributed by atoms with E-state index in [1.54, 1.807) is 42.6 Å². The number of H-pyrrole nitrogens is 1. The van der Waals surface area contributed by atoms with Gasteiger partial charge in [-0.2, -0.15) is 0 Å². The first kappa shape index (κ1) is 27.5. The number of allylic oxidation sites excluding steroid dienone is 2. The molecule has 1 aliphatic heterocycles. The Labute approximate surface area is 235 Å². The predicted molar refractivity (Wildman–Crippen MR) is 146 cm³/mol. The van der Waals surface area contributed by atoms with Gasteiger partial charge in [0.2, 0.25) is 0 Å². The maximum Gasteiger partial charge on any atom is 0.317 e. The average Bonchev–Trinajstić information content (AvgIpc) is 2.95. The van der Waals surface area contributed by atoms with Crippen LogP contribution in [-0.4, -0.2) is 23.7 Å². The van der Waals surface area contributed by atoms with E-state index < -0.39 is 22.6 Å². The van der Waals surface area contributed by atoms with Crippen molar-refractivity contribution in [3.8, 4) is 11.5 Å². The molecule has 1 aromatic heterocycles. The molecule has 5 rings (SSSR count). The van der Waals surface area contributed by atoms with E-state index in [-0.39, 0.29) is 29.7 Å². The minimum absolute atomic E-state index is 0.0515. The van der Waals surface area contributed by atoms with E-state index in [9.17, 15) is 24.1 Å². The van der Waals surface area contributed by atoms with Crippen LogP contribution in [0, 0.1) is 21.8 Å². The molecule has 1 amide bonds. The Balaban J connectivity index is 1.55. The second-order valence-corrected chi connectivity index (χ2v) is 9.77. The zero-order chi connectivity index (χ0) is 29.1. The highest BCUT2D eigenvalue weighted by Gasteiger charge is 2.45. The number of hydrogen-bond donors (Lipinski definition) is 2. The smallest absolute Gasteiger partial charge is 0.317 e. The summed E-state index contributed by atoms with van der Waals surface area (Å²) in [5, 5.41) is 17.5. The molecule has 2 unspecified atom stereocenters. The van der Waals surface area contributed by atoms with Crippen LogP contribution in [0.2, 0.25) is 0 Å². The maximum absolute atomic E-state index is 13.9. The first-order valence-electron chi connectivity index (χ1n) is 13.0. The van der Waals surface area contributed by atoms with Gasteiger partial charge < -0.3 is 14.8 Å². The van der Waals surface area contributed by atoms with E-state index >= 15 is 0 Å². The van der Waals surface area contributed by atoms with Crippen molar-refractivity contribution < 1.29 is 33.4 Å². The number of methoxy groups -OCH3 is 1. The Morgan fingerprint density at radius 1 is 1.20 bits per heavy atom. The maximum atomic E-state index is 13.9. The van der Waals surface area contributed by atoms with Crippen LogP contribution >= 0.6 is 0 Å². The Bertz CT molecular complexity index is 1570. The Morgan fingerprint density at radius 3 is 2.76 bits per heavy atom. The van der Waals surface area contributed by atoms with Crippen LogP contribution in [0.5, 0.6) is 11.5 Å². The third-order valence-corrected chi connectivity index (χ3v) is 7.20. The van der Waals surface area contributed by atoms with E-state index in [0.717, 1.165) is 23.9 Å². The highest BCUT2D eigenvalue weighted by molar-refractivity contribution is 6.02. The SMILES string of the molecule is C=C1NC2=C(C(=O)CCC2)C(c2ccc(OC)c(COc3cc(F)ccc3[N+](=O)[O-])c2)C1C(=O)Nc1cccc[nH+]1. The third kappa shape index (κ3) is 5.65. The zero-order valence-electron chi connectivity index (χ0n) is 22.2. The van der Waals surface area contributed by atoms with Gasteiger partial charge in [-0.15, -0.1) is 0 Å². The summed E-state index contributed by atoms with van der Waals surface area (Å²) >= 11 is 0. The van der Waals surface area contributed by atoms with E-state index in [1.807, 2.05) is 0 Å². The average molecular weight is 560 g/mol. The second-order valence-electron chi connectivity index (χ2n) is 9.77. The van der Waals surface area contributed by atoms with Crippen molar-refractivity contribution in [1.82, 2.24) is 5.32 Å². The van der Waals surface area contributed by atoms with E-state index in [0.29, 0.717) is 53.2 Å². The van der Waals surface area contributed by atoms with Crippen LogP contribution in [0.25, 0.3) is 0 Å². The quantitative estimate of drug-likeness (QED) is 0.304. The highest BCUT2D eigenvalue weighted by Crippen LogP contribution is 2.45. The van der Waals surface area contributed by atoms with Crippen LogP contribution in [0.3, 0.4) is 0 Å². The number of nitrogens with one attached hydrogen (secondary N) is 3. The first-order chi connectivity index (χ1) is 19.8. The molecule has 2 aromatic carbocycles. The molecule has 2 atom stereocenters. The molecular formula is C30H28FN4O6+. The van der Waals surface area contributed by atoms with Gasteiger partial charge >= 0.3 is 11.6 Å². The number of aromatic nitrogens is 1. The van der Waals surface area contributed by atoms with Crippen LogP contribution in [0.4, 0.5) is 15.9 Å². The van der Waals surface area contributed by atoms with Gasteiger partial charge in [0.25, 0.3) is 5.82 Å². The van der Waals surface area contributed by atoms with Crippen LogP contribution in [0.15, 0.2) is 84.3 Å². The fraction of sp³-hybridized carbons (Fsp3) is 0.233. The number of Topliss-reactive ketones (excluding diaryl/α,β-unsaturated/α-hetero) is 1. The number of hydrogen-bond acceptors (Lipinski definition) is 7. The number of rotatable bonds is 8. The number of nitro benzene ring substituents is 1. The van der Waals surface area contributed by atoms with E-state index in [4.69, 9.17) is 9.47 Å². The number of amides is 1. The number of halogens is 1. The number of nitro groups is 1. The molecule has 0 radical (unpaired) electrons. The monoisotopic (exact) mass is 559 g/mol. The van der Waals surface area contributed by atoms with E-state index in [1.165, 1.54) is 7.11 Å². The van der Waals surface area contributed by atoms with Crippen molar-refractivity contribution in [2.45, 2.75) is 31.8 Å². The topological polar surface area (TPSA) is 134 Å². The molecule has 0 fully saturated rings. The molecule has 2 heterocycles. The van der Waals surface area contributed by atoms with Gasteiger partial charge in [-0.1, -0.05) is 18.7 Å². The predicted octanol–water partition coefficient (Wildman–Crippen LogP) is 4.60. The Morgan fingerprint density at radius 2 is 2.02 bits per heavy atom. The lowest BCUT2D eigenvalue weighted by Gasteiger charge is -2.37. The number of aromatic amines is 1. The highest BCUT2D eigenvalue weighted by atomic mass is 19.1. The zero-order valence-corrected chi connectivity index (χ0v) is 22.2. The number of nitrogens with zero attached hydrogens (tertiary/aromatic N) is 1. The van der Waals surface area contributed by atoms with Gasteiger partial charge in [0.15, 0.2) is 11.5 Å². The standard InChI is InChI=1S/C30H27FN4O6/c1-17-27(30(37)34-26-8-3-4-13-32-26)28(29-21(33-17)6-5-7-23(29)36)18-9-12-24(40-2)19(14-18)16-41-25-15-20(31)10-11-22(25)35(38)39/h3-4,8-15,27-28,33H,1,5-7,16H2,2H3,(H,32,34,37)/p+1. The van der Waals surface area contributed by atoms with E-state index in [2.05, 4.69) is 22.2 Å². The molecule has 0 saturated carbocycles. The number of carbonyl (C=O) groups excluding carboxylic acids is 2. The number of benzene rings is 2. The minimum atomic E-state index is -0.837. The van der Waals surface area contributed by atoms with Gasteiger partial charge in [0.1, 0.15) is 24.1 Å². The number of pyridine rings is 1. The van der Waals surface area contributed by atoms with Crippen LogP contribution < -0.4 is 25.1 Å². The van der Waals surface area contributed by atoms with Gasteiger partial charge in [-0.05, 0) is 42.7 Å². The van der Waals surface area contributed by atoms with Gasteiger partial charge in [0, 0.05) is 53.1 Å². The molecule has 2 aliphatic rings. The minimum Gasteiger partial charge on any atom is -0.496 e. The van der Waals surface area contributed by atoms with Crippen molar-refractivity contribution >= 4 is 23.2 Å². The molecule has 11 heteroatoms. The summed E-state index contributed by atoms with van der Waals surface area (Å²) in [4.78, 5) is 40.7.